The van der Waals surface area contributed by atoms with Gasteiger partial charge in [-0.3, -0.25) is 9.79 Å². The molecule has 0 spiro atoms. The van der Waals surface area contributed by atoms with Crippen LogP contribution in [0.15, 0.2) is 47.5 Å². The number of rotatable bonds is 3. The Bertz CT molecular complexity index is 906. The van der Waals surface area contributed by atoms with Crippen molar-refractivity contribution in [1.82, 2.24) is 15.1 Å². The molecule has 2 aromatic carbocycles. The molecule has 0 bridgehead atoms. The third-order valence-corrected chi connectivity index (χ3v) is 5.66. The number of benzene rings is 2. The third-order valence-electron chi connectivity index (χ3n) is 5.66. The predicted octanol–water partition coefficient (Wildman–Crippen LogP) is 3.15. The number of halogens is 1. The molecule has 0 aliphatic carbocycles. The predicted molar refractivity (Wildman–Crippen MR) is 131 cm³/mol. The number of ether oxygens (including phenoxy) is 1. The van der Waals surface area contributed by atoms with Gasteiger partial charge in [-0.1, -0.05) is 30.3 Å². The summed E-state index contributed by atoms with van der Waals surface area (Å²) in [7, 11) is 1.81. The maximum absolute atomic E-state index is 11.5. The highest BCUT2D eigenvalue weighted by Crippen LogP contribution is 2.30. The summed E-state index contributed by atoms with van der Waals surface area (Å²) in [6, 6.07) is 15.1. The summed E-state index contributed by atoms with van der Waals surface area (Å²) in [4.78, 5) is 20.0. The molecule has 1 amide bonds. The van der Waals surface area contributed by atoms with Gasteiger partial charge in [0.15, 0.2) is 5.96 Å². The zero-order valence-corrected chi connectivity index (χ0v) is 19.9. The van der Waals surface area contributed by atoms with Crippen LogP contribution in [0.3, 0.4) is 0 Å². The van der Waals surface area contributed by atoms with Crippen LogP contribution in [-0.4, -0.2) is 61.5 Å². The summed E-state index contributed by atoms with van der Waals surface area (Å²) in [6.45, 7) is 6.24. The molecule has 1 N–H and O–H groups in total. The lowest BCUT2D eigenvalue weighted by Crippen LogP contribution is -2.53. The van der Waals surface area contributed by atoms with Crippen molar-refractivity contribution in [2.45, 2.75) is 19.9 Å². The standard InChI is InChI=1S/C23H28N4O2.HI/c1-17(28)26-10-12-27(13-11-26)23(24-2)25-16-18-3-5-19(6-4-18)20-7-8-22-21(15-20)9-14-29-22;/h3-8,15H,9-14,16H2,1-2H3,(H,24,25);1H. The minimum absolute atomic E-state index is 0. The van der Waals surface area contributed by atoms with E-state index in [2.05, 4.69) is 57.7 Å². The summed E-state index contributed by atoms with van der Waals surface area (Å²) in [5, 5.41) is 3.45. The molecule has 6 nitrogen and oxygen atoms in total. The maximum Gasteiger partial charge on any atom is 0.219 e. The van der Waals surface area contributed by atoms with E-state index in [0.717, 1.165) is 57.5 Å². The van der Waals surface area contributed by atoms with Crippen molar-refractivity contribution in [3.63, 3.8) is 0 Å². The molecule has 30 heavy (non-hydrogen) atoms. The molecule has 1 saturated heterocycles. The highest BCUT2D eigenvalue weighted by molar-refractivity contribution is 14.0. The maximum atomic E-state index is 11.5. The third kappa shape index (κ3) is 5.06. The summed E-state index contributed by atoms with van der Waals surface area (Å²) < 4.78 is 5.60. The van der Waals surface area contributed by atoms with E-state index < -0.39 is 0 Å². The van der Waals surface area contributed by atoms with Gasteiger partial charge in [-0.2, -0.15) is 0 Å². The number of hydrogen-bond donors (Lipinski definition) is 1. The zero-order valence-electron chi connectivity index (χ0n) is 17.6. The van der Waals surface area contributed by atoms with Gasteiger partial charge in [0.2, 0.25) is 5.91 Å². The Kier molecular flexibility index (Phi) is 7.58. The van der Waals surface area contributed by atoms with E-state index in [-0.39, 0.29) is 29.9 Å². The van der Waals surface area contributed by atoms with Crippen molar-refractivity contribution in [1.29, 1.82) is 0 Å². The molecule has 0 unspecified atom stereocenters. The van der Waals surface area contributed by atoms with Crippen molar-refractivity contribution >= 4 is 35.8 Å². The number of hydrogen-bond acceptors (Lipinski definition) is 3. The van der Waals surface area contributed by atoms with Gasteiger partial charge in [0, 0.05) is 53.1 Å². The van der Waals surface area contributed by atoms with E-state index in [0.29, 0.717) is 0 Å². The average molecular weight is 520 g/mol. The smallest absolute Gasteiger partial charge is 0.219 e. The molecule has 0 radical (unpaired) electrons. The van der Waals surface area contributed by atoms with E-state index in [4.69, 9.17) is 4.74 Å². The van der Waals surface area contributed by atoms with Crippen LogP contribution in [0.5, 0.6) is 5.75 Å². The lowest BCUT2D eigenvalue weighted by molar-refractivity contribution is -0.130. The molecule has 1 fully saturated rings. The van der Waals surface area contributed by atoms with Crippen molar-refractivity contribution in [2.75, 3.05) is 39.8 Å². The zero-order chi connectivity index (χ0) is 20.2. The Morgan fingerprint density at radius 3 is 2.37 bits per heavy atom. The molecule has 160 valence electrons. The monoisotopic (exact) mass is 520 g/mol. The molecule has 2 aliphatic rings. The second-order valence-corrected chi connectivity index (χ2v) is 7.51. The van der Waals surface area contributed by atoms with E-state index in [1.165, 1.54) is 22.3 Å². The van der Waals surface area contributed by atoms with Gasteiger partial charge in [0.05, 0.1) is 6.61 Å². The Hall–Kier alpha value is -2.29. The van der Waals surface area contributed by atoms with Crippen molar-refractivity contribution in [2.24, 2.45) is 4.99 Å². The number of nitrogens with one attached hydrogen (secondary N) is 1. The number of aliphatic imine (C=N–C) groups is 1. The van der Waals surface area contributed by atoms with E-state index >= 15 is 0 Å². The second-order valence-electron chi connectivity index (χ2n) is 7.51. The summed E-state index contributed by atoms with van der Waals surface area (Å²) in [6.07, 6.45) is 0.991. The first-order valence-electron chi connectivity index (χ1n) is 10.2. The van der Waals surface area contributed by atoms with Crippen molar-refractivity contribution < 1.29 is 9.53 Å². The Balaban J connectivity index is 0.00000256. The van der Waals surface area contributed by atoms with Crippen molar-refractivity contribution in [3.8, 4) is 16.9 Å². The van der Waals surface area contributed by atoms with Gasteiger partial charge in [-0.15, -0.1) is 24.0 Å². The lowest BCUT2D eigenvalue weighted by atomic mass is 10.0. The Morgan fingerprint density at radius 2 is 1.70 bits per heavy atom. The van der Waals surface area contributed by atoms with Crippen LogP contribution in [0.2, 0.25) is 0 Å². The quantitative estimate of drug-likeness (QED) is 0.384. The van der Waals surface area contributed by atoms with E-state index in [9.17, 15) is 4.79 Å². The number of nitrogens with zero attached hydrogens (tertiary/aromatic N) is 3. The molecule has 0 atom stereocenters. The molecular formula is C23H29IN4O2. The highest BCUT2D eigenvalue weighted by atomic mass is 127. The molecule has 2 aliphatic heterocycles. The van der Waals surface area contributed by atoms with Crippen LogP contribution in [0.25, 0.3) is 11.1 Å². The highest BCUT2D eigenvalue weighted by Gasteiger charge is 2.20. The van der Waals surface area contributed by atoms with Gasteiger partial charge in [-0.05, 0) is 34.4 Å². The number of piperazine rings is 1. The SMILES string of the molecule is CN=C(NCc1ccc(-c2ccc3c(c2)CCO3)cc1)N1CCN(C(C)=O)CC1.I. The molecular weight excluding hydrogens is 491 g/mol. The number of carbonyl (C=O) groups is 1. The minimum atomic E-state index is 0. The molecule has 7 heteroatoms. The largest absolute Gasteiger partial charge is 0.493 e. The Labute approximate surface area is 195 Å². The van der Waals surface area contributed by atoms with Gasteiger partial charge < -0.3 is 19.9 Å². The summed E-state index contributed by atoms with van der Waals surface area (Å²) >= 11 is 0. The van der Waals surface area contributed by atoms with Gasteiger partial charge in [0.1, 0.15) is 5.75 Å². The van der Waals surface area contributed by atoms with Crippen LogP contribution in [-0.2, 0) is 17.8 Å². The van der Waals surface area contributed by atoms with E-state index in [1.54, 1.807) is 14.0 Å². The molecule has 2 aromatic rings. The first-order chi connectivity index (χ1) is 14.1. The first kappa shape index (κ1) is 22.4. The number of carbonyl (C=O) groups excluding carboxylic acids is 1. The molecule has 4 rings (SSSR count). The minimum Gasteiger partial charge on any atom is -0.493 e. The second kappa shape index (κ2) is 10.1. The molecule has 0 aromatic heterocycles. The number of guanidine groups is 1. The fourth-order valence-corrected chi connectivity index (χ4v) is 3.93. The van der Waals surface area contributed by atoms with Gasteiger partial charge >= 0.3 is 0 Å². The summed E-state index contributed by atoms with van der Waals surface area (Å²) in [5.41, 5.74) is 4.95. The normalized spacial score (nSPS) is 15.9. The number of fused-ring (bicyclic) bond motifs is 1. The first-order valence-corrected chi connectivity index (χ1v) is 10.2. The van der Waals surface area contributed by atoms with Crippen LogP contribution in [0, 0.1) is 0 Å². The van der Waals surface area contributed by atoms with E-state index in [1.807, 2.05) is 4.90 Å². The average Bonchev–Trinajstić information content (AvgIpc) is 3.23. The van der Waals surface area contributed by atoms with Crippen LogP contribution in [0.1, 0.15) is 18.1 Å². The topological polar surface area (TPSA) is 57.2 Å². The molecule has 2 heterocycles. The molecule has 0 saturated carbocycles. The summed E-state index contributed by atoms with van der Waals surface area (Å²) in [5.74, 6) is 2.05. The van der Waals surface area contributed by atoms with Crippen LogP contribution in [0.4, 0.5) is 0 Å². The van der Waals surface area contributed by atoms with Crippen LogP contribution >= 0.6 is 24.0 Å². The van der Waals surface area contributed by atoms with Gasteiger partial charge in [0.25, 0.3) is 0 Å². The van der Waals surface area contributed by atoms with Gasteiger partial charge in [-0.25, -0.2) is 0 Å². The fraction of sp³-hybridized carbons (Fsp3) is 0.391. The van der Waals surface area contributed by atoms with Crippen molar-refractivity contribution in [3.05, 3.63) is 53.6 Å². The number of amides is 1. The van der Waals surface area contributed by atoms with Crippen LogP contribution < -0.4 is 10.1 Å². The lowest BCUT2D eigenvalue weighted by Gasteiger charge is -2.36. The fourth-order valence-electron chi connectivity index (χ4n) is 3.93. The Morgan fingerprint density at radius 1 is 1.03 bits per heavy atom.